The van der Waals surface area contributed by atoms with Crippen molar-refractivity contribution in [1.29, 1.82) is 0 Å². The summed E-state index contributed by atoms with van der Waals surface area (Å²) in [5.74, 6) is -0.0209. The molecule has 4 aliphatic rings. The topological polar surface area (TPSA) is 59.1 Å². The number of nitrogens with zero attached hydrogens (tertiary/aromatic N) is 2. The van der Waals surface area contributed by atoms with E-state index in [1.54, 1.807) is 14.2 Å². The van der Waals surface area contributed by atoms with E-state index in [2.05, 4.69) is 9.80 Å². The first-order valence-corrected chi connectivity index (χ1v) is 15.4. The highest BCUT2D eigenvalue weighted by Gasteiger charge is 2.45. The van der Waals surface area contributed by atoms with Crippen LogP contribution < -0.4 is 0 Å². The molecule has 6 nitrogen and oxygen atoms in total. The van der Waals surface area contributed by atoms with Crippen LogP contribution in [0.5, 0.6) is 0 Å². The fourth-order valence-corrected chi connectivity index (χ4v) is 7.75. The maximum Gasteiger partial charge on any atom is 0.255 e. The first-order valence-electron chi connectivity index (χ1n) is 15.4. The lowest BCUT2D eigenvalue weighted by molar-refractivity contribution is -0.171. The van der Waals surface area contributed by atoms with Crippen LogP contribution >= 0.6 is 0 Å². The van der Waals surface area contributed by atoms with Crippen LogP contribution in [0.1, 0.15) is 128 Å². The highest BCUT2D eigenvalue weighted by Crippen LogP contribution is 2.34. The Kier molecular flexibility index (Phi) is 10.9. The van der Waals surface area contributed by atoms with Crippen LogP contribution in [0.25, 0.3) is 0 Å². The van der Waals surface area contributed by atoms with E-state index in [0.717, 1.165) is 51.4 Å². The van der Waals surface area contributed by atoms with Crippen LogP contribution in [-0.4, -0.2) is 72.2 Å². The van der Waals surface area contributed by atoms with Gasteiger partial charge in [-0.05, 0) is 51.4 Å². The van der Waals surface area contributed by atoms with Gasteiger partial charge in [-0.25, -0.2) is 0 Å². The van der Waals surface area contributed by atoms with Gasteiger partial charge in [0.25, 0.3) is 11.8 Å². The van der Waals surface area contributed by atoms with E-state index in [9.17, 15) is 9.59 Å². The minimum atomic E-state index is -0.874. The molecule has 4 fully saturated rings. The number of rotatable bonds is 9. The highest BCUT2D eigenvalue weighted by molar-refractivity contribution is 5.91. The molecule has 0 aliphatic heterocycles. The van der Waals surface area contributed by atoms with Crippen molar-refractivity contribution >= 4 is 11.8 Å². The van der Waals surface area contributed by atoms with E-state index < -0.39 is 12.2 Å². The van der Waals surface area contributed by atoms with Gasteiger partial charge in [0, 0.05) is 38.4 Å². The monoisotopic (exact) mass is 504 g/mol. The summed E-state index contributed by atoms with van der Waals surface area (Å²) in [5, 5.41) is 0. The minimum absolute atomic E-state index is 0.0104. The van der Waals surface area contributed by atoms with Gasteiger partial charge in [0.15, 0.2) is 12.2 Å². The van der Waals surface area contributed by atoms with Crippen LogP contribution in [0.4, 0.5) is 0 Å². The van der Waals surface area contributed by atoms with Crippen molar-refractivity contribution in [2.75, 3.05) is 14.2 Å². The molecule has 0 bridgehead atoms. The van der Waals surface area contributed by atoms with Crippen molar-refractivity contribution < 1.29 is 19.1 Å². The molecule has 0 aromatic rings. The van der Waals surface area contributed by atoms with Crippen LogP contribution in [0, 0.1) is 0 Å². The molecular weight excluding hydrogens is 452 g/mol. The molecule has 4 saturated carbocycles. The van der Waals surface area contributed by atoms with E-state index in [1.807, 2.05) is 0 Å². The van der Waals surface area contributed by atoms with Crippen molar-refractivity contribution in [2.24, 2.45) is 0 Å². The summed E-state index contributed by atoms with van der Waals surface area (Å²) < 4.78 is 11.8. The van der Waals surface area contributed by atoms with Crippen molar-refractivity contribution in [3.63, 3.8) is 0 Å². The van der Waals surface area contributed by atoms with Gasteiger partial charge in [-0.3, -0.25) is 9.59 Å². The lowest BCUT2D eigenvalue weighted by Crippen LogP contribution is -2.60. The molecule has 0 saturated heterocycles. The molecule has 2 amide bonds. The average molecular weight is 505 g/mol. The summed E-state index contributed by atoms with van der Waals surface area (Å²) in [7, 11) is 3.18. The Morgan fingerprint density at radius 2 is 0.694 bits per heavy atom. The maximum atomic E-state index is 14.3. The van der Waals surface area contributed by atoms with Crippen LogP contribution in [0.3, 0.4) is 0 Å². The number of ether oxygens (including phenoxy) is 2. The number of carbonyl (C=O) groups is 2. The van der Waals surface area contributed by atoms with Gasteiger partial charge >= 0.3 is 0 Å². The largest absolute Gasteiger partial charge is 0.368 e. The Bertz CT molecular complexity index is 582. The summed E-state index contributed by atoms with van der Waals surface area (Å²) in [6, 6.07) is 1.08. The van der Waals surface area contributed by atoms with Gasteiger partial charge in [-0.2, -0.15) is 0 Å². The molecule has 0 spiro atoms. The number of hydrogen-bond donors (Lipinski definition) is 0. The van der Waals surface area contributed by atoms with Gasteiger partial charge in [-0.1, -0.05) is 77.0 Å². The predicted octanol–water partition coefficient (Wildman–Crippen LogP) is 6.00. The Morgan fingerprint density at radius 3 is 0.889 bits per heavy atom. The van der Waals surface area contributed by atoms with E-state index in [4.69, 9.17) is 9.47 Å². The molecule has 0 heterocycles. The molecule has 6 heteroatoms. The first kappa shape index (κ1) is 27.9. The van der Waals surface area contributed by atoms with Crippen molar-refractivity contribution in [2.45, 2.75) is 165 Å². The zero-order valence-electron chi connectivity index (χ0n) is 23.1. The highest BCUT2D eigenvalue weighted by atomic mass is 16.5. The predicted molar refractivity (Wildman–Crippen MR) is 143 cm³/mol. The maximum absolute atomic E-state index is 14.3. The number of amides is 2. The van der Waals surface area contributed by atoms with Gasteiger partial charge < -0.3 is 19.3 Å². The Balaban J connectivity index is 1.57. The van der Waals surface area contributed by atoms with Gasteiger partial charge in [0.05, 0.1) is 0 Å². The molecule has 2 atom stereocenters. The second-order valence-electron chi connectivity index (χ2n) is 12.0. The fourth-order valence-electron chi connectivity index (χ4n) is 7.75. The van der Waals surface area contributed by atoms with Crippen LogP contribution in [-0.2, 0) is 19.1 Å². The SMILES string of the molecule is CO[C@@H](C(=O)N(C1CCCCC1)C1CCCCC1)[C@@H](OC)C(=O)N(C1CCCCC1)C1CCCCC1. The Morgan fingerprint density at radius 1 is 0.472 bits per heavy atom. The molecule has 206 valence electrons. The Labute approximate surface area is 219 Å². The van der Waals surface area contributed by atoms with Gasteiger partial charge in [-0.15, -0.1) is 0 Å². The molecule has 0 radical (unpaired) electrons. The van der Waals surface area contributed by atoms with Crippen LogP contribution in [0.15, 0.2) is 0 Å². The quantitative estimate of drug-likeness (QED) is 0.386. The third-order valence-electron chi connectivity index (χ3n) is 9.65. The summed E-state index contributed by atoms with van der Waals surface area (Å²) >= 11 is 0. The third-order valence-corrected chi connectivity index (χ3v) is 9.65. The van der Waals surface area contributed by atoms with Crippen molar-refractivity contribution in [3.05, 3.63) is 0 Å². The zero-order valence-corrected chi connectivity index (χ0v) is 23.1. The van der Waals surface area contributed by atoms with E-state index in [0.29, 0.717) is 0 Å². The van der Waals surface area contributed by atoms with Gasteiger partial charge in [0.2, 0.25) is 0 Å². The number of hydrogen-bond acceptors (Lipinski definition) is 4. The number of carbonyl (C=O) groups excluding carboxylic acids is 2. The second kappa shape index (κ2) is 14.1. The zero-order chi connectivity index (χ0) is 25.3. The normalized spacial score (nSPS) is 25.3. The van der Waals surface area contributed by atoms with E-state index in [1.165, 1.54) is 77.0 Å². The number of methoxy groups -OCH3 is 2. The molecule has 0 unspecified atom stereocenters. The molecule has 0 N–H and O–H groups in total. The minimum Gasteiger partial charge on any atom is -0.368 e. The summed E-state index contributed by atoms with van der Waals surface area (Å²) in [6.45, 7) is 0. The second-order valence-corrected chi connectivity index (χ2v) is 12.0. The van der Waals surface area contributed by atoms with Gasteiger partial charge in [0.1, 0.15) is 0 Å². The molecule has 4 aliphatic carbocycles. The van der Waals surface area contributed by atoms with E-state index in [-0.39, 0.29) is 36.0 Å². The third kappa shape index (κ3) is 6.64. The van der Waals surface area contributed by atoms with Crippen molar-refractivity contribution in [3.8, 4) is 0 Å². The lowest BCUT2D eigenvalue weighted by atomic mass is 9.87. The molecule has 36 heavy (non-hydrogen) atoms. The molecule has 0 aromatic carbocycles. The molecule has 4 rings (SSSR count). The lowest BCUT2D eigenvalue weighted by Gasteiger charge is -2.45. The van der Waals surface area contributed by atoms with E-state index >= 15 is 0 Å². The summed E-state index contributed by atoms with van der Waals surface area (Å²) in [6.07, 6.45) is 21.3. The standard InChI is InChI=1S/C30H52N2O4/c1-35-27(29(33)31(23-15-7-3-8-16-23)24-17-9-4-10-18-24)28(36-2)30(34)32(25-19-11-5-12-20-25)26-21-13-6-14-22-26/h23-28H,3-22H2,1-2H3/t27-,28-/m1/s1. The summed E-state index contributed by atoms with van der Waals surface area (Å²) in [5.41, 5.74) is 0. The fraction of sp³-hybridized carbons (Fsp3) is 0.933. The Hall–Kier alpha value is -1.14. The molecular formula is C30H52N2O4. The smallest absolute Gasteiger partial charge is 0.255 e. The molecule has 0 aromatic heterocycles. The van der Waals surface area contributed by atoms with Crippen molar-refractivity contribution in [1.82, 2.24) is 9.80 Å². The van der Waals surface area contributed by atoms with Crippen LogP contribution in [0.2, 0.25) is 0 Å². The first-order chi connectivity index (χ1) is 17.7. The summed E-state index contributed by atoms with van der Waals surface area (Å²) in [4.78, 5) is 33.0. The average Bonchev–Trinajstić information content (AvgIpc) is 2.94.